The SMILES string of the molecule is O=C(O)c1cn(-c2ncns2)c2nc(N3CC(C(=O)CC4CCCOC4)C3)c(F)cc2c1=O. The van der Waals surface area contributed by atoms with Crippen LogP contribution in [0.15, 0.2) is 23.4 Å². The third-order valence-corrected chi connectivity index (χ3v) is 6.75. The van der Waals surface area contributed by atoms with E-state index in [0.717, 1.165) is 43.2 Å². The van der Waals surface area contributed by atoms with Crippen LogP contribution in [-0.4, -0.2) is 62.1 Å². The number of carboxylic acids is 1. The minimum absolute atomic E-state index is 0.00768. The van der Waals surface area contributed by atoms with Gasteiger partial charge in [0.1, 0.15) is 17.7 Å². The van der Waals surface area contributed by atoms with Crippen LogP contribution in [0.25, 0.3) is 16.2 Å². The Morgan fingerprint density at radius 1 is 1.33 bits per heavy atom. The molecule has 1 unspecified atom stereocenters. The van der Waals surface area contributed by atoms with Crippen LogP contribution < -0.4 is 10.3 Å². The first kappa shape index (κ1) is 21.6. The summed E-state index contributed by atoms with van der Waals surface area (Å²) in [5.41, 5.74) is -1.28. The van der Waals surface area contributed by atoms with Crippen molar-refractivity contribution in [1.29, 1.82) is 0 Å². The number of anilines is 1. The molecule has 33 heavy (non-hydrogen) atoms. The van der Waals surface area contributed by atoms with Crippen LogP contribution in [0.1, 0.15) is 29.6 Å². The highest BCUT2D eigenvalue weighted by molar-refractivity contribution is 7.08. The number of fused-ring (bicyclic) bond motifs is 1. The Balaban J connectivity index is 1.44. The quantitative estimate of drug-likeness (QED) is 0.571. The van der Waals surface area contributed by atoms with Crippen LogP contribution in [0.2, 0.25) is 0 Å². The molecule has 2 saturated heterocycles. The number of nitrogens with zero attached hydrogens (tertiary/aromatic N) is 5. The summed E-state index contributed by atoms with van der Waals surface area (Å²) in [6, 6.07) is 0.999. The van der Waals surface area contributed by atoms with E-state index in [1.54, 1.807) is 4.90 Å². The van der Waals surface area contributed by atoms with Crippen molar-refractivity contribution in [3.05, 3.63) is 40.2 Å². The van der Waals surface area contributed by atoms with Crippen molar-refractivity contribution in [1.82, 2.24) is 18.9 Å². The van der Waals surface area contributed by atoms with E-state index in [2.05, 4.69) is 14.3 Å². The van der Waals surface area contributed by atoms with Gasteiger partial charge in [0.25, 0.3) is 0 Å². The zero-order valence-corrected chi connectivity index (χ0v) is 18.3. The van der Waals surface area contributed by atoms with Gasteiger partial charge in [-0.3, -0.25) is 14.2 Å². The van der Waals surface area contributed by atoms with Crippen LogP contribution >= 0.6 is 11.5 Å². The van der Waals surface area contributed by atoms with Gasteiger partial charge in [0.15, 0.2) is 17.3 Å². The summed E-state index contributed by atoms with van der Waals surface area (Å²) in [5.74, 6) is -2.01. The highest BCUT2D eigenvalue weighted by atomic mass is 32.1. The third kappa shape index (κ3) is 4.00. The van der Waals surface area contributed by atoms with Gasteiger partial charge in [0.05, 0.1) is 11.3 Å². The van der Waals surface area contributed by atoms with Crippen molar-refractivity contribution in [2.45, 2.75) is 19.3 Å². The summed E-state index contributed by atoms with van der Waals surface area (Å²) >= 11 is 0.981. The van der Waals surface area contributed by atoms with Crippen LogP contribution in [0, 0.1) is 17.7 Å². The second-order valence-electron chi connectivity index (χ2n) is 8.29. The smallest absolute Gasteiger partial charge is 0.341 e. The number of Topliss-reactive ketones (excluding diaryl/α,β-unsaturated/α-hetero) is 1. The van der Waals surface area contributed by atoms with Gasteiger partial charge in [0, 0.05) is 50.5 Å². The van der Waals surface area contributed by atoms with Gasteiger partial charge < -0.3 is 14.7 Å². The average molecular weight is 473 g/mol. The Hall–Kier alpha value is -3.25. The topological polar surface area (TPSA) is 128 Å². The average Bonchev–Trinajstić information content (AvgIpc) is 3.29. The molecule has 10 nitrogen and oxygen atoms in total. The lowest BCUT2D eigenvalue weighted by Gasteiger charge is -2.40. The van der Waals surface area contributed by atoms with Gasteiger partial charge in [0.2, 0.25) is 10.6 Å². The lowest BCUT2D eigenvalue weighted by molar-refractivity contribution is -0.125. The highest BCUT2D eigenvalue weighted by Gasteiger charge is 2.36. The van der Waals surface area contributed by atoms with Gasteiger partial charge in [-0.1, -0.05) is 0 Å². The molecule has 0 spiro atoms. The summed E-state index contributed by atoms with van der Waals surface area (Å²) in [5, 5.41) is 9.52. The highest BCUT2D eigenvalue weighted by Crippen LogP contribution is 2.30. The van der Waals surface area contributed by atoms with E-state index in [9.17, 15) is 23.9 Å². The number of ketones is 1. The molecule has 0 saturated carbocycles. The molecule has 172 valence electrons. The number of hydrogen-bond acceptors (Lipinski definition) is 9. The summed E-state index contributed by atoms with van der Waals surface area (Å²) in [6.07, 6.45) is 4.81. The van der Waals surface area contributed by atoms with Gasteiger partial charge >= 0.3 is 5.97 Å². The molecule has 3 aromatic heterocycles. The molecule has 5 rings (SSSR count). The normalized spacial score (nSPS) is 18.9. The number of rotatable bonds is 6. The summed E-state index contributed by atoms with van der Waals surface area (Å²) in [4.78, 5) is 46.8. The summed E-state index contributed by atoms with van der Waals surface area (Å²) < 4.78 is 25.6. The first-order valence-corrected chi connectivity index (χ1v) is 11.3. The van der Waals surface area contributed by atoms with E-state index in [1.165, 1.54) is 10.9 Å². The molecule has 12 heteroatoms. The van der Waals surface area contributed by atoms with E-state index in [-0.39, 0.29) is 34.5 Å². The van der Waals surface area contributed by atoms with Crippen molar-refractivity contribution in [3.63, 3.8) is 0 Å². The van der Waals surface area contributed by atoms with E-state index in [0.29, 0.717) is 31.2 Å². The molecule has 0 amide bonds. The minimum atomic E-state index is -1.43. The Morgan fingerprint density at radius 2 is 2.15 bits per heavy atom. The number of carboxylic acid groups (broad SMARTS) is 1. The molecular weight excluding hydrogens is 453 g/mol. The van der Waals surface area contributed by atoms with Gasteiger partial charge in [-0.05, 0) is 24.8 Å². The number of aromatic carboxylic acids is 1. The number of hydrogen-bond donors (Lipinski definition) is 1. The Labute approximate surface area is 190 Å². The first-order chi connectivity index (χ1) is 15.9. The lowest BCUT2D eigenvalue weighted by atomic mass is 9.87. The van der Waals surface area contributed by atoms with Crippen LogP contribution in [0.3, 0.4) is 0 Å². The Kier molecular flexibility index (Phi) is 5.62. The molecule has 2 aliphatic heterocycles. The van der Waals surface area contributed by atoms with Gasteiger partial charge in [-0.15, -0.1) is 0 Å². The molecule has 1 N–H and O–H groups in total. The van der Waals surface area contributed by atoms with Crippen LogP contribution in [-0.2, 0) is 9.53 Å². The second kappa shape index (κ2) is 8.60. The van der Waals surface area contributed by atoms with Crippen molar-refractivity contribution in [3.8, 4) is 5.13 Å². The van der Waals surface area contributed by atoms with E-state index < -0.39 is 22.8 Å². The summed E-state index contributed by atoms with van der Waals surface area (Å²) in [7, 11) is 0. The molecule has 1 atom stereocenters. The number of pyridine rings is 2. The zero-order valence-electron chi connectivity index (χ0n) is 17.4. The molecule has 5 heterocycles. The molecule has 0 aromatic carbocycles. The lowest BCUT2D eigenvalue weighted by Crippen LogP contribution is -2.51. The Bertz CT molecular complexity index is 1280. The number of ether oxygens (including phenoxy) is 1. The maximum atomic E-state index is 15.0. The molecule has 0 radical (unpaired) electrons. The molecule has 2 fully saturated rings. The maximum Gasteiger partial charge on any atom is 0.341 e. The second-order valence-corrected chi connectivity index (χ2v) is 9.05. The van der Waals surface area contributed by atoms with E-state index in [1.807, 2.05) is 0 Å². The van der Waals surface area contributed by atoms with Crippen molar-refractivity contribution in [2.75, 3.05) is 31.2 Å². The monoisotopic (exact) mass is 473 g/mol. The Morgan fingerprint density at radius 3 is 2.82 bits per heavy atom. The fraction of sp³-hybridized carbons (Fsp3) is 0.429. The maximum absolute atomic E-state index is 15.0. The molecule has 0 bridgehead atoms. The van der Waals surface area contributed by atoms with E-state index in [4.69, 9.17) is 4.74 Å². The zero-order chi connectivity index (χ0) is 23.1. The van der Waals surface area contributed by atoms with Crippen molar-refractivity contribution in [2.24, 2.45) is 11.8 Å². The molecule has 0 aliphatic carbocycles. The van der Waals surface area contributed by atoms with Crippen molar-refractivity contribution < 1.29 is 23.8 Å². The first-order valence-electron chi connectivity index (χ1n) is 10.5. The molecule has 2 aliphatic rings. The minimum Gasteiger partial charge on any atom is -0.477 e. The van der Waals surface area contributed by atoms with Crippen LogP contribution in [0.5, 0.6) is 0 Å². The fourth-order valence-corrected chi connectivity index (χ4v) is 4.79. The summed E-state index contributed by atoms with van der Waals surface area (Å²) in [6.45, 7) is 2.01. The number of aromatic nitrogens is 4. The molecular formula is C21H20FN5O5S. The fourth-order valence-electron chi connectivity index (χ4n) is 4.28. The number of carbonyl (C=O) groups excluding carboxylic acids is 1. The van der Waals surface area contributed by atoms with Gasteiger partial charge in [-0.2, -0.15) is 4.37 Å². The van der Waals surface area contributed by atoms with E-state index >= 15 is 0 Å². The van der Waals surface area contributed by atoms with Crippen LogP contribution in [0.4, 0.5) is 10.2 Å². The van der Waals surface area contributed by atoms with Crippen molar-refractivity contribution >= 4 is 40.1 Å². The number of halogens is 1. The standard InChI is InChI=1S/C21H20FN5O5S/c22-15-5-13-17(29)14(20(30)31)8-27(21-23-10-24-33-21)18(13)25-19(15)26-6-12(7-26)16(28)4-11-2-1-3-32-9-11/h5,8,10-12H,1-4,6-7,9H2,(H,30,31). The number of carbonyl (C=O) groups is 2. The largest absolute Gasteiger partial charge is 0.477 e. The van der Waals surface area contributed by atoms with Gasteiger partial charge in [-0.25, -0.2) is 19.2 Å². The third-order valence-electron chi connectivity index (χ3n) is 6.08. The molecule has 3 aromatic rings. The predicted molar refractivity (Wildman–Crippen MR) is 117 cm³/mol. The predicted octanol–water partition coefficient (Wildman–Crippen LogP) is 1.90.